The predicted molar refractivity (Wildman–Crippen MR) is 108 cm³/mol. The van der Waals surface area contributed by atoms with E-state index in [0.29, 0.717) is 0 Å². The number of alkyl halides is 1. The van der Waals surface area contributed by atoms with E-state index in [9.17, 15) is 30.0 Å². The van der Waals surface area contributed by atoms with Crippen molar-refractivity contribution in [3.63, 3.8) is 0 Å². The number of hydrogen-bond donors (Lipinski definition) is 6. The van der Waals surface area contributed by atoms with Crippen LogP contribution in [0.25, 0.3) is 0 Å². The average molecular weight is 487 g/mol. The second-order valence-electron chi connectivity index (χ2n) is 8.35. The SMILES string of the molecule is CC(C)N[P+]1(NC(C)C)OC(=O)C(F)(CCCOC2O[C@H](CO)[C@H](O)[C@H](O)[C@H]2O)C(=O)O1. The van der Waals surface area contributed by atoms with Crippen molar-refractivity contribution in [2.24, 2.45) is 0 Å². The minimum atomic E-state index is -3.39. The highest BCUT2D eigenvalue weighted by molar-refractivity contribution is 7.63. The van der Waals surface area contributed by atoms with Crippen LogP contribution < -0.4 is 10.2 Å². The summed E-state index contributed by atoms with van der Waals surface area (Å²) in [6.45, 7) is 6.09. The van der Waals surface area contributed by atoms with Gasteiger partial charge in [-0.1, -0.05) is 0 Å². The summed E-state index contributed by atoms with van der Waals surface area (Å²) in [5.41, 5.74) is -3.04. The minimum Gasteiger partial charge on any atom is -0.394 e. The second-order valence-corrected chi connectivity index (χ2v) is 10.3. The Balaban J connectivity index is 1.95. The summed E-state index contributed by atoms with van der Waals surface area (Å²) in [6.07, 6.45) is -8.14. The maximum atomic E-state index is 15.2. The average Bonchev–Trinajstić information content (AvgIpc) is 2.68. The smallest absolute Gasteiger partial charge is 0.394 e. The van der Waals surface area contributed by atoms with Gasteiger partial charge in [-0.2, -0.15) is 0 Å². The maximum absolute atomic E-state index is 15.2. The van der Waals surface area contributed by atoms with Gasteiger partial charge in [0.15, 0.2) is 6.29 Å². The van der Waals surface area contributed by atoms with Crippen molar-refractivity contribution in [1.82, 2.24) is 10.2 Å². The molecule has 5 atom stereocenters. The molecule has 2 rings (SSSR count). The molecule has 14 heteroatoms. The molecule has 6 N–H and O–H groups in total. The molecule has 0 aromatic rings. The summed E-state index contributed by atoms with van der Waals surface area (Å²) in [4.78, 5) is 24.9. The van der Waals surface area contributed by atoms with Crippen LogP contribution in [-0.4, -0.2) is 94.0 Å². The first-order valence-electron chi connectivity index (χ1n) is 10.4. The zero-order valence-corrected chi connectivity index (χ0v) is 19.3. The van der Waals surface area contributed by atoms with Crippen molar-refractivity contribution in [3.05, 3.63) is 0 Å². The monoisotopic (exact) mass is 487 g/mol. The van der Waals surface area contributed by atoms with Crippen LogP contribution in [0, 0.1) is 0 Å². The van der Waals surface area contributed by atoms with E-state index >= 15 is 4.39 Å². The second kappa shape index (κ2) is 10.9. The highest BCUT2D eigenvalue weighted by atomic mass is 31.2. The number of halogens is 1. The fraction of sp³-hybridized carbons (Fsp3) is 0.889. The molecule has 1 unspecified atom stereocenters. The summed E-state index contributed by atoms with van der Waals surface area (Å²) in [6, 6.07) is -0.455. The number of carbonyl (C=O) groups excluding carboxylic acids is 2. The van der Waals surface area contributed by atoms with Crippen molar-refractivity contribution >= 4 is 20.0 Å². The number of aliphatic hydroxyl groups is 4. The summed E-state index contributed by atoms with van der Waals surface area (Å²) in [5, 5.41) is 44.4. The van der Waals surface area contributed by atoms with Gasteiger partial charge < -0.3 is 29.9 Å². The van der Waals surface area contributed by atoms with Gasteiger partial charge in [-0.25, -0.2) is 23.0 Å². The van der Waals surface area contributed by atoms with E-state index in [-0.39, 0.29) is 25.1 Å². The molecule has 2 fully saturated rings. The molecule has 0 spiro atoms. The molecule has 2 heterocycles. The lowest BCUT2D eigenvalue weighted by atomic mass is 9.99. The van der Waals surface area contributed by atoms with E-state index in [1.54, 1.807) is 27.7 Å². The fourth-order valence-electron chi connectivity index (χ4n) is 3.23. The third-order valence-electron chi connectivity index (χ3n) is 4.72. The number of hydrogen-bond acceptors (Lipinski definition) is 12. The zero-order chi connectivity index (χ0) is 24.3. The molecule has 0 bridgehead atoms. The van der Waals surface area contributed by atoms with Crippen LogP contribution in [0.1, 0.15) is 40.5 Å². The molecule has 0 amide bonds. The molecule has 0 saturated carbocycles. The van der Waals surface area contributed by atoms with Gasteiger partial charge in [-0.05, 0) is 34.1 Å². The van der Waals surface area contributed by atoms with Gasteiger partial charge >= 0.3 is 25.6 Å². The van der Waals surface area contributed by atoms with E-state index in [2.05, 4.69) is 10.2 Å². The molecule has 32 heavy (non-hydrogen) atoms. The molecule has 0 aliphatic carbocycles. The van der Waals surface area contributed by atoms with E-state index in [1.165, 1.54) is 0 Å². The van der Waals surface area contributed by atoms with Gasteiger partial charge in [0.2, 0.25) is 0 Å². The quantitative estimate of drug-likeness (QED) is 0.127. The summed E-state index contributed by atoms with van der Waals surface area (Å²) >= 11 is 0. The molecule has 2 aliphatic heterocycles. The Morgan fingerprint density at radius 1 is 1.03 bits per heavy atom. The van der Waals surface area contributed by atoms with Crippen LogP contribution in [0.15, 0.2) is 0 Å². The molecular weight excluding hydrogens is 454 g/mol. The molecule has 2 saturated heterocycles. The Morgan fingerprint density at radius 3 is 2.03 bits per heavy atom. The molecular formula is C18H33FN2O10P+. The zero-order valence-electron chi connectivity index (χ0n) is 18.4. The molecule has 0 aromatic carbocycles. The minimum absolute atomic E-state index is 0.170. The third kappa shape index (κ3) is 6.10. The van der Waals surface area contributed by atoms with Crippen LogP contribution in [0.5, 0.6) is 0 Å². The molecule has 2 aliphatic rings. The van der Waals surface area contributed by atoms with Gasteiger partial charge in [0, 0.05) is 18.5 Å². The van der Waals surface area contributed by atoms with Crippen molar-refractivity contribution in [3.8, 4) is 0 Å². The van der Waals surface area contributed by atoms with E-state index in [1.807, 2.05) is 0 Å². The fourth-order valence-corrected chi connectivity index (χ4v) is 5.67. The van der Waals surface area contributed by atoms with Gasteiger partial charge in [-0.3, -0.25) is 0 Å². The lowest BCUT2D eigenvalue weighted by molar-refractivity contribution is -0.301. The standard InChI is InChI=1S/C18H33FN2O10P/c1-9(2)20-32(21-10(3)4)30-16(26)18(19,17(27)31-32)6-5-7-28-15-14(25)13(24)12(23)11(8-22)29-15/h9-15,20-25H,5-8H2,1-4H3/q+1/t11-,12+,13+,14-,15?/m1/s1. The topological polar surface area (TPSA) is 176 Å². The van der Waals surface area contributed by atoms with Gasteiger partial charge in [0.1, 0.15) is 24.4 Å². The summed E-state index contributed by atoms with van der Waals surface area (Å²) in [5.74, 6) is -2.76. The summed E-state index contributed by atoms with van der Waals surface area (Å²) in [7, 11) is -3.39. The van der Waals surface area contributed by atoms with Crippen LogP contribution >= 0.6 is 8.02 Å². The Bertz CT molecular complexity index is 638. The highest BCUT2D eigenvalue weighted by Gasteiger charge is 2.67. The Kier molecular flexibility index (Phi) is 9.31. The first-order valence-corrected chi connectivity index (χ1v) is 12.0. The Hall–Kier alpha value is -1.02. The van der Waals surface area contributed by atoms with Crippen LogP contribution in [-0.2, 0) is 28.1 Å². The Labute approximate surface area is 186 Å². The van der Waals surface area contributed by atoms with Crippen LogP contribution in [0.3, 0.4) is 0 Å². The van der Waals surface area contributed by atoms with Crippen LogP contribution in [0.4, 0.5) is 4.39 Å². The molecule has 186 valence electrons. The highest BCUT2D eigenvalue weighted by Crippen LogP contribution is 2.59. The van der Waals surface area contributed by atoms with Crippen molar-refractivity contribution in [1.29, 1.82) is 0 Å². The van der Waals surface area contributed by atoms with Crippen molar-refractivity contribution in [2.45, 2.75) is 89.0 Å². The third-order valence-corrected chi connectivity index (χ3v) is 7.28. The largest absolute Gasteiger partial charge is 0.527 e. The first-order chi connectivity index (χ1) is 14.8. The van der Waals surface area contributed by atoms with Gasteiger partial charge in [0.05, 0.1) is 13.2 Å². The molecule has 0 radical (unpaired) electrons. The van der Waals surface area contributed by atoms with Gasteiger partial charge in [0.25, 0.3) is 0 Å². The van der Waals surface area contributed by atoms with E-state index < -0.39 is 69.4 Å². The molecule has 0 aromatic heterocycles. The normalized spacial score (nSPS) is 32.2. The number of ether oxygens (including phenoxy) is 2. The number of nitrogens with one attached hydrogen (secondary N) is 2. The van der Waals surface area contributed by atoms with Crippen LogP contribution in [0.2, 0.25) is 0 Å². The number of rotatable bonds is 10. The van der Waals surface area contributed by atoms with Crippen molar-refractivity contribution in [2.75, 3.05) is 13.2 Å². The first kappa shape index (κ1) is 27.2. The van der Waals surface area contributed by atoms with Gasteiger partial charge in [-0.15, -0.1) is 10.2 Å². The number of carbonyl (C=O) groups is 2. The Morgan fingerprint density at radius 2 is 1.56 bits per heavy atom. The summed E-state index contributed by atoms with van der Waals surface area (Å²) < 4.78 is 36.1. The lowest BCUT2D eigenvalue weighted by Crippen LogP contribution is -2.59. The lowest BCUT2D eigenvalue weighted by Gasteiger charge is -2.39. The molecule has 12 nitrogen and oxygen atoms in total. The van der Waals surface area contributed by atoms with E-state index in [0.717, 1.165) is 0 Å². The predicted octanol–water partition coefficient (Wildman–Crippen LogP) is -0.935. The maximum Gasteiger partial charge on any atom is 0.527 e. The van der Waals surface area contributed by atoms with E-state index in [4.69, 9.17) is 18.5 Å². The number of aliphatic hydroxyl groups excluding tert-OH is 4. The van der Waals surface area contributed by atoms with Crippen molar-refractivity contribution < 1.29 is 52.9 Å².